The second kappa shape index (κ2) is 8.48. The van der Waals surface area contributed by atoms with Gasteiger partial charge in [-0.1, -0.05) is 0 Å². The Hall–Kier alpha value is -1.13. The first-order valence-corrected chi connectivity index (χ1v) is 10.5. The standard InChI is InChI=1S/C16H26F5NO4S/c1-14(2,3)26-13(23)22-11-15(17,18)10-12(22)6-4-8-27(24,25)9-5-7-16(19,20)21/h12H,4-11H2,1-3H3. The Morgan fingerprint density at radius 1 is 1.15 bits per heavy atom. The second-order valence-corrected chi connectivity index (χ2v) is 10.1. The quantitative estimate of drug-likeness (QED) is 0.577. The van der Waals surface area contributed by atoms with Gasteiger partial charge in [-0.2, -0.15) is 13.2 Å². The van der Waals surface area contributed by atoms with Gasteiger partial charge in [0.15, 0.2) is 0 Å². The van der Waals surface area contributed by atoms with Gasteiger partial charge in [0.1, 0.15) is 15.4 Å². The highest BCUT2D eigenvalue weighted by atomic mass is 32.2. The zero-order valence-corrected chi connectivity index (χ0v) is 16.4. The lowest BCUT2D eigenvalue weighted by atomic mass is 10.1. The number of amides is 1. The third-order valence-corrected chi connectivity index (χ3v) is 5.73. The number of ether oxygens (including phenoxy) is 1. The molecule has 1 amide bonds. The van der Waals surface area contributed by atoms with E-state index in [1.165, 1.54) is 0 Å². The molecule has 0 aromatic carbocycles. The molecule has 160 valence electrons. The number of likely N-dealkylation sites (tertiary alicyclic amines) is 1. The summed E-state index contributed by atoms with van der Waals surface area (Å²) in [6.07, 6.45) is -7.64. The molecule has 0 bridgehead atoms. The number of rotatable bonds is 7. The maximum atomic E-state index is 13.7. The van der Waals surface area contributed by atoms with Gasteiger partial charge in [0.2, 0.25) is 0 Å². The topological polar surface area (TPSA) is 63.7 Å². The van der Waals surface area contributed by atoms with E-state index in [4.69, 9.17) is 4.74 Å². The third-order valence-electron chi connectivity index (χ3n) is 3.91. The number of carbonyl (C=O) groups excluding carboxylic acids is 1. The first kappa shape index (κ1) is 23.9. The fraction of sp³-hybridized carbons (Fsp3) is 0.938. The first-order chi connectivity index (χ1) is 12.0. The fourth-order valence-corrected chi connectivity index (χ4v) is 4.22. The minimum atomic E-state index is -4.42. The Kier molecular flexibility index (Phi) is 7.51. The van der Waals surface area contributed by atoms with Crippen LogP contribution in [0, 0.1) is 0 Å². The summed E-state index contributed by atoms with van der Waals surface area (Å²) in [5, 5.41) is 0. The molecule has 0 spiro atoms. The number of nitrogens with zero attached hydrogens (tertiary/aromatic N) is 1. The van der Waals surface area contributed by atoms with Crippen molar-refractivity contribution in [2.45, 2.75) is 76.6 Å². The fourth-order valence-electron chi connectivity index (χ4n) is 2.82. The minimum Gasteiger partial charge on any atom is -0.444 e. The number of alkyl halides is 5. The summed E-state index contributed by atoms with van der Waals surface area (Å²) in [5.74, 6) is -4.11. The molecule has 1 fully saturated rings. The molecule has 0 aliphatic carbocycles. The molecular formula is C16H26F5NO4S. The highest BCUT2D eigenvalue weighted by Gasteiger charge is 2.47. The van der Waals surface area contributed by atoms with Crippen LogP contribution < -0.4 is 0 Å². The normalized spacial score (nSPS) is 20.7. The molecule has 0 saturated carbocycles. The zero-order valence-electron chi connectivity index (χ0n) is 15.6. The molecule has 0 radical (unpaired) electrons. The van der Waals surface area contributed by atoms with Gasteiger partial charge in [-0.15, -0.1) is 0 Å². The molecule has 1 aliphatic heterocycles. The van der Waals surface area contributed by atoms with Crippen LogP contribution in [0.25, 0.3) is 0 Å². The van der Waals surface area contributed by atoms with Gasteiger partial charge in [0.05, 0.1) is 18.1 Å². The average molecular weight is 423 g/mol. The lowest BCUT2D eigenvalue weighted by Crippen LogP contribution is -2.40. The van der Waals surface area contributed by atoms with Crippen LogP contribution in [0.4, 0.5) is 26.7 Å². The van der Waals surface area contributed by atoms with Gasteiger partial charge in [0.25, 0.3) is 5.92 Å². The van der Waals surface area contributed by atoms with Crippen LogP contribution in [-0.2, 0) is 14.6 Å². The Morgan fingerprint density at radius 2 is 1.70 bits per heavy atom. The molecule has 0 aromatic rings. The smallest absolute Gasteiger partial charge is 0.410 e. The molecular weight excluding hydrogens is 397 g/mol. The van der Waals surface area contributed by atoms with Crippen molar-refractivity contribution in [3.05, 3.63) is 0 Å². The van der Waals surface area contributed by atoms with E-state index in [9.17, 15) is 35.2 Å². The van der Waals surface area contributed by atoms with Gasteiger partial charge in [-0.05, 0) is 40.0 Å². The number of hydrogen-bond donors (Lipinski definition) is 0. The van der Waals surface area contributed by atoms with Gasteiger partial charge < -0.3 is 4.74 Å². The molecule has 1 saturated heterocycles. The van der Waals surface area contributed by atoms with Gasteiger partial charge in [0, 0.05) is 18.9 Å². The average Bonchev–Trinajstić information content (AvgIpc) is 2.70. The Balaban J connectivity index is 2.56. The second-order valence-electron chi connectivity index (χ2n) is 7.83. The molecule has 5 nitrogen and oxygen atoms in total. The molecule has 1 aliphatic rings. The summed E-state index contributed by atoms with van der Waals surface area (Å²) in [4.78, 5) is 13.0. The van der Waals surface area contributed by atoms with Crippen LogP contribution in [0.5, 0.6) is 0 Å². The van der Waals surface area contributed by atoms with E-state index in [0.717, 1.165) is 4.90 Å². The SMILES string of the molecule is CC(C)(C)OC(=O)N1CC(F)(F)CC1CCCS(=O)(=O)CCCC(F)(F)F. The van der Waals surface area contributed by atoms with Crippen molar-refractivity contribution < 1.29 is 39.9 Å². The van der Waals surface area contributed by atoms with Crippen LogP contribution in [0.3, 0.4) is 0 Å². The van der Waals surface area contributed by atoms with Crippen molar-refractivity contribution >= 4 is 15.9 Å². The van der Waals surface area contributed by atoms with Gasteiger partial charge in [-0.3, -0.25) is 4.90 Å². The highest BCUT2D eigenvalue weighted by molar-refractivity contribution is 7.91. The Morgan fingerprint density at radius 3 is 2.22 bits per heavy atom. The van der Waals surface area contributed by atoms with Crippen LogP contribution in [-0.4, -0.2) is 61.2 Å². The number of carbonyl (C=O) groups is 1. The maximum absolute atomic E-state index is 13.7. The molecule has 1 heterocycles. The lowest BCUT2D eigenvalue weighted by Gasteiger charge is -2.28. The molecule has 11 heteroatoms. The molecule has 1 atom stereocenters. The third kappa shape index (κ3) is 9.57. The van der Waals surface area contributed by atoms with Crippen molar-refractivity contribution in [3.63, 3.8) is 0 Å². The maximum Gasteiger partial charge on any atom is 0.410 e. The largest absolute Gasteiger partial charge is 0.444 e. The predicted molar refractivity (Wildman–Crippen MR) is 89.5 cm³/mol. The summed E-state index contributed by atoms with van der Waals surface area (Å²) < 4.78 is 92.4. The molecule has 0 aromatic heterocycles. The Bertz CT molecular complexity index is 613. The summed E-state index contributed by atoms with van der Waals surface area (Å²) in [6, 6.07) is -0.875. The van der Waals surface area contributed by atoms with E-state index in [-0.39, 0.29) is 12.8 Å². The van der Waals surface area contributed by atoms with Crippen molar-refractivity contribution in [1.29, 1.82) is 0 Å². The van der Waals surface area contributed by atoms with Crippen molar-refractivity contribution in [2.75, 3.05) is 18.1 Å². The molecule has 27 heavy (non-hydrogen) atoms. The summed E-state index contributed by atoms with van der Waals surface area (Å²) >= 11 is 0. The Labute approximate surface area is 156 Å². The summed E-state index contributed by atoms with van der Waals surface area (Å²) in [5.41, 5.74) is -0.860. The van der Waals surface area contributed by atoms with Crippen molar-refractivity contribution in [1.82, 2.24) is 4.90 Å². The highest BCUT2D eigenvalue weighted by Crippen LogP contribution is 2.35. The molecule has 0 N–H and O–H groups in total. The lowest BCUT2D eigenvalue weighted by molar-refractivity contribution is -0.134. The monoisotopic (exact) mass is 423 g/mol. The van der Waals surface area contributed by atoms with E-state index in [0.29, 0.717) is 0 Å². The number of halogens is 5. The minimum absolute atomic E-state index is 0.00728. The van der Waals surface area contributed by atoms with E-state index in [1.54, 1.807) is 20.8 Å². The molecule has 1 unspecified atom stereocenters. The molecule has 1 rings (SSSR count). The summed E-state index contributed by atoms with van der Waals surface area (Å²) in [6.45, 7) is 4.00. The van der Waals surface area contributed by atoms with Crippen LogP contribution in [0.1, 0.15) is 52.9 Å². The van der Waals surface area contributed by atoms with Crippen LogP contribution in [0.15, 0.2) is 0 Å². The van der Waals surface area contributed by atoms with Crippen molar-refractivity contribution in [2.24, 2.45) is 0 Å². The first-order valence-electron chi connectivity index (χ1n) is 8.64. The van der Waals surface area contributed by atoms with E-state index < -0.39 is 77.0 Å². The van der Waals surface area contributed by atoms with Crippen LogP contribution >= 0.6 is 0 Å². The van der Waals surface area contributed by atoms with Crippen molar-refractivity contribution in [3.8, 4) is 0 Å². The predicted octanol–water partition coefficient (Wildman–Crippen LogP) is 4.17. The van der Waals surface area contributed by atoms with E-state index in [2.05, 4.69) is 0 Å². The van der Waals surface area contributed by atoms with E-state index in [1.807, 2.05) is 0 Å². The summed E-state index contributed by atoms with van der Waals surface area (Å²) in [7, 11) is -3.71. The number of hydrogen-bond acceptors (Lipinski definition) is 4. The zero-order chi connectivity index (χ0) is 21.1. The number of sulfone groups is 1. The van der Waals surface area contributed by atoms with Gasteiger partial charge >= 0.3 is 12.3 Å². The van der Waals surface area contributed by atoms with Crippen LogP contribution in [0.2, 0.25) is 0 Å². The van der Waals surface area contributed by atoms with E-state index >= 15 is 0 Å². The van der Waals surface area contributed by atoms with Gasteiger partial charge in [-0.25, -0.2) is 22.0 Å².